The third-order valence-corrected chi connectivity index (χ3v) is 5.71. The van der Waals surface area contributed by atoms with Gasteiger partial charge in [0, 0.05) is 17.1 Å². The van der Waals surface area contributed by atoms with Gasteiger partial charge in [0.25, 0.3) is 0 Å². The molecule has 4 aliphatic rings. The van der Waals surface area contributed by atoms with Crippen LogP contribution in [-0.4, -0.2) is 16.5 Å². The number of fused-ring (bicyclic) bond motifs is 3. The fraction of sp³-hybridized carbons (Fsp3) is 0.444. The third kappa shape index (κ3) is 1.80. The second-order valence-electron chi connectivity index (χ2n) is 6.97. The van der Waals surface area contributed by atoms with Gasteiger partial charge in [0.1, 0.15) is 11.5 Å². The molecular formula is C18H20N4. The Morgan fingerprint density at radius 1 is 1.09 bits per heavy atom. The van der Waals surface area contributed by atoms with Crippen LogP contribution in [0.1, 0.15) is 37.7 Å². The highest BCUT2D eigenvalue weighted by molar-refractivity contribution is 6.02. The number of hydrogen-bond acceptors (Lipinski definition) is 4. The van der Waals surface area contributed by atoms with Gasteiger partial charge in [0.15, 0.2) is 0 Å². The molecule has 3 fully saturated rings. The maximum Gasteiger partial charge on any atom is 0.144 e. The molecule has 2 heterocycles. The van der Waals surface area contributed by atoms with Crippen molar-refractivity contribution in [1.29, 1.82) is 0 Å². The summed E-state index contributed by atoms with van der Waals surface area (Å²) in [6.07, 6.45) is 8.43. The van der Waals surface area contributed by atoms with Crippen LogP contribution in [0.2, 0.25) is 0 Å². The lowest BCUT2D eigenvalue weighted by atomic mass is 9.65. The van der Waals surface area contributed by atoms with Crippen molar-refractivity contribution in [2.45, 2.75) is 37.8 Å². The number of hydrogen-bond donors (Lipinski definition) is 2. The average Bonchev–Trinajstić information content (AvgIpc) is 2.99. The molecule has 1 aliphatic heterocycles. The van der Waals surface area contributed by atoms with Crippen LogP contribution in [0.5, 0.6) is 0 Å². The quantitative estimate of drug-likeness (QED) is 0.849. The van der Waals surface area contributed by atoms with Gasteiger partial charge < -0.3 is 5.43 Å². The van der Waals surface area contributed by atoms with E-state index in [1.54, 1.807) is 0 Å². The van der Waals surface area contributed by atoms with Gasteiger partial charge in [0.05, 0.1) is 5.52 Å². The van der Waals surface area contributed by atoms with Crippen LogP contribution >= 0.6 is 0 Å². The largest absolute Gasteiger partial charge is 0.303 e. The molecule has 3 saturated carbocycles. The summed E-state index contributed by atoms with van der Waals surface area (Å²) in [5, 5.41) is 1.17. The molecule has 1 aromatic heterocycles. The predicted octanol–water partition coefficient (Wildman–Crippen LogP) is 3.00. The number of hydrazine groups is 1. The summed E-state index contributed by atoms with van der Waals surface area (Å²) in [6.45, 7) is 0. The summed E-state index contributed by atoms with van der Waals surface area (Å²) >= 11 is 0. The molecule has 4 heteroatoms. The second-order valence-corrected chi connectivity index (χ2v) is 6.97. The lowest BCUT2D eigenvalue weighted by molar-refractivity contribution is 0.0506. The standard InChI is InChI=1S/C18H20N4/c1-2-13-5-6-14(10-16(13)19-9-1)17-20-18(22-21-17)11-12-3-7-15(18)8-4-12/h1-2,5-6,9-10,12,15,22H,3-4,7-8,11H2,(H,20,21)/t12?,15?,18-/m0/s1. The van der Waals surface area contributed by atoms with Gasteiger partial charge in [0.2, 0.25) is 0 Å². The van der Waals surface area contributed by atoms with Crippen LogP contribution in [0.4, 0.5) is 0 Å². The monoisotopic (exact) mass is 292 g/mol. The Hall–Kier alpha value is -1.94. The van der Waals surface area contributed by atoms with Gasteiger partial charge in [-0.05, 0) is 56.1 Å². The zero-order valence-corrected chi connectivity index (χ0v) is 12.5. The molecule has 0 unspecified atom stereocenters. The van der Waals surface area contributed by atoms with Crippen LogP contribution in [0.25, 0.3) is 10.9 Å². The minimum atomic E-state index is -0.0599. The number of pyridine rings is 1. The van der Waals surface area contributed by atoms with Crippen molar-refractivity contribution >= 4 is 16.7 Å². The van der Waals surface area contributed by atoms with Crippen molar-refractivity contribution < 1.29 is 0 Å². The highest BCUT2D eigenvalue weighted by Gasteiger charge is 2.49. The van der Waals surface area contributed by atoms with E-state index in [1.807, 2.05) is 12.3 Å². The summed E-state index contributed by atoms with van der Waals surface area (Å²) in [7, 11) is 0. The van der Waals surface area contributed by atoms with Gasteiger partial charge in [-0.3, -0.25) is 4.98 Å². The van der Waals surface area contributed by atoms with E-state index < -0.39 is 0 Å². The van der Waals surface area contributed by atoms with Crippen molar-refractivity contribution in [3.8, 4) is 0 Å². The van der Waals surface area contributed by atoms with E-state index >= 15 is 0 Å². The zero-order valence-electron chi connectivity index (χ0n) is 12.5. The van der Waals surface area contributed by atoms with E-state index in [4.69, 9.17) is 4.99 Å². The van der Waals surface area contributed by atoms with Gasteiger partial charge in [-0.1, -0.05) is 18.2 Å². The summed E-state index contributed by atoms with van der Waals surface area (Å²) in [4.78, 5) is 9.56. The number of amidine groups is 1. The smallest absolute Gasteiger partial charge is 0.144 e. The van der Waals surface area contributed by atoms with Crippen LogP contribution < -0.4 is 10.9 Å². The molecule has 2 bridgehead atoms. The van der Waals surface area contributed by atoms with E-state index in [0.717, 1.165) is 22.8 Å². The van der Waals surface area contributed by atoms with Gasteiger partial charge in [-0.2, -0.15) is 0 Å². The van der Waals surface area contributed by atoms with E-state index in [9.17, 15) is 0 Å². The minimum absolute atomic E-state index is 0.0599. The Balaban J connectivity index is 1.53. The van der Waals surface area contributed by atoms with Crippen LogP contribution in [0, 0.1) is 11.8 Å². The molecule has 0 amide bonds. The maximum absolute atomic E-state index is 5.11. The molecule has 112 valence electrons. The normalized spacial score (nSPS) is 33.2. The molecule has 1 atom stereocenters. The van der Waals surface area contributed by atoms with Crippen molar-refractivity contribution in [2.75, 3.05) is 0 Å². The first-order valence-corrected chi connectivity index (χ1v) is 8.31. The third-order valence-electron chi connectivity index (χ3n) is 5.71. The lowest BCUT2D eigenvalue weighted by Gasteiger charge is -2.47. The minimum Gasteiger partial charge on any atom is -0.303 e. The number of aliphatic imine (C=N–C) groups is 1. The van der Waals surface area contributed by atoms with Gasteiger partial charge in [-0.15, -0.1) is 0 Å². The first-order valence-electron chi connectivity index (χ1n) is 8.31. The molecular weight excluding hydrogens is 272 g/mol. The molecule has 1 spiro atoms. The number of nitrogens with zero attached hydrogens (tertiary/aromatic N) is 2. The zero-order chi connectivity index (χ0) is 14.6. The summed E-state index contributed by atoms with van der Waals surface area (Å²) < 4.78 is 0. The number of benzene rings is 1. The molecule has 3 aliphatic carbocycles. The Labute approximate surface area is 130 Å². The van der Waals surface area contributed by atoms with E-state index in [2.05, 4.69) is 40.1 Å². The number of rotatable bonds is 1. The number of aromatic nitrogens is 1. The van der Waals surface area contributed by atoms with Crippen molar-refractivity contribution in [2.24, 2.45) is 16.8 Å². The van der Waals surface area contributed by atoms with Crippen molar-refractivity contribution in [1.82, 2.24) is 15.8 Å². The average molecular weight is 292 g/mol. The van der Waals surface area contributed by atoms with Crippen LogP contribution in [-0.2, 0) is 0 Å². The van der Waals surface area contributed by atoms with E-state index in [-0.39, 0.29) is 5.66 Å². The highest BCUT2D eigenvalue weighted by Crippen LogP contribution is 2.48. The van der Waals surface area contributed by atoms with E-state index in [0.29, 0.717) is 5.92 Å². The molecule has 2 N–H and O–H groups in total. The Morgan fingerprint density at radius 3 is 2.82 bits per heavy atom. The Kier molecular flexibility index (Phi) is 2.59. The van der Waals surface area contributed by atoms with Crippen LogP contribution in [0.3, 0.4) is 0 Å². The van der Waals surface area contributed by atoms with E-state index in [1.165, 1.54) is 37.5 Å². The predicted molar refractivity (Wildman–Crippen MR) is 87.3 cm³/mol. The summed E-state index contributed by atoms with van der Waals surface area (Å²) in [6, 6.07) is 10.5. The lowest BCUT2D eigenvalue weighted by Crippen LogP contribution is -2.56. The first-order chi connectivity index (χ1) is 10.8. The molecule has 4 nitrogen and oxygen atoms in total. The molecule has 0 radical (unpaired) electrons. The fourth-order valence-corrected chi connectivity index (χ4v) is 4.51. The van der Waals surface area contributed by atoms with Gasteiger partial charge in [-0.25, -0.2) is 10.4 Å². The topological polar surface area (TPSA) is 49.3 Å². The fourth-order valence-electron chi connectivity index (χ4n) is 4.51. The number of nitrogens with one attached hydrogen (secondary N) is 2. The Bertz CT molecular complexity index is 761. The van der Waals surface area contributed by atoms with Crippen LogP contribution in [0.15, 0.2) is 41.5 Å². The second kappa shape index (κ2) is 4.53. The maximum atomic E-state index is 5.11. The van der Waals surface area contributed by atoms with Crippen molar-refractivity contribution in [3.63, 3.8) is 0 Å². The highest BCUT2D eigenvalue weighted by atomic mass is 15.5. The first kappa shape index (κ1) is 12.6. The van der Waals surface area contributed by atoms with Crippen molar-refractivity contribution in [3.05, 3.63) is 42.1 Å². The van der Waals surface area contributed by atoms with Gasteiger partial charge >= 0.3 is 0 Å². The molecule has 0 saturated heterocycles. The molecule has 1 aromatic carbocycles. The summed E-state index contributed by atoms with van der Waals surface area (Å²) in [5.74, 6) is 2.50. The Morgan fingerprint density at radius 2 is 2.00 bits per heavy atom. The summed E-state index contributed by atoms with van der Waals surface area (Å²) in [5.41, 5.74) is 8.97. The molecule has 2 aromatic rings. The molecule has 22 heavy (non-hydrogen) atoms. The SMILES string of the molecule is c1cnc2cc(C3=N[C@@]4(CC5CCC4CC5)NN3)ccc2c1. The molecule has 6 rings (SSSR count).